The summed E-state index contributed by atoms with van der Waals surface area (Å²) >= 11 is 0. The summed E-state index contributed by atoms with van der Waals surface area (Å²) in [7, 11) is -0.807. The molecule has 5 atom stereocenters. The molecule has 0 N–H and O–H groups in total. The van der Waals surface area contributed by atoms with Crippen molar-refractivity contribution in [2.45, 2.75) is 50.1 Å². The normalized spacial score (nSPS) is 22.5. The van der Waals surface area contributed by atoms with Gasteiger partial charge in [-0.15, -0.1) is 0 Å². The molecule has 7 heteroatoms. The first-order valence-corrected chi connectivity index (χ1v) is 14.9. The average molecular weight is 577 g/mol. The fourth-order valence-electron chi connectivity index (χ4n) is 4.89. The fourth-order valence-corrected chi connectivity index (χ4v) is 6.35. The van der Waals surface area contributed by atoms with Crippen molar-refractivity contribution in [3.8, 4) is 0 Å². The minimum Gasteiger partial charge on any atom is -0.376 e. The summed E-state index contributed by atoms with van der Waals surface area (Å²) in [5, 5.41) is 0. The van der Waals surface area contributed by atoms with Gasteiger partial charge in [-0.25, -0.2) is 8.78 Å². The minimum absolute atomic E-state index is 0.162. The van der Waals surface area contributed by atoms with Gasteiger partial charge in [-0.2, -0.15) is 0 Å². The lowest BCUT2D eigenvalue weighted by Gasteiger charge is -2.46. The Morgan fingerprint density at radius 3 is 1.37 bits per heavy atom. The molecule has 214 valence electrons. The van der Waals surface area contributed by atoms with Gasteiger partial charge in [0.05, 0.1) is 45.1 Å². The van der Waals surface area contributed by atoms with Crippen LogP contribution in [0.3, 0.4) is 0 Å². The number of hydrogen-bond donors (Lipinski definition) is 0. The molecule has 1 saturated heterocycles. The lowest BCUT2D eigenvalue weighted by atomic mass is 9.97. The van der Waals surface area contributed by atoms with E-state index in [1.54, 1.807) is 0 Å². The number of halogens is 2. The van der Waals surface area contributed by atoms with Crippen molar-refractivity contribution >= 4 is 8.58 Å². The van der Waals surface area contributed by atoms with E-state index in [2.05, 4.69) is 0 Å². The van der Waals surface area contributed by atoms with Gasteiger partial charge in [0.1, 0.15) is 11.9 Å². The van der Waals surface area contributed by atoms with Crippen molar-refractivity contribution in [2.75, 3.05) is 6.61 Å². The van der Waals surface area contributed by atoms with Crippen LogP contribution >= 0.6 is 8.58 Å². The molecule has 0 aliphatic carbocycles. The quantitative estimate of drug-likeness (QED) is 0.152. The van der Waals surface area contributed by atoms with Gasteiger partial charge >= 0.3 is 0 Å². The molecule has 0 radical (unpaired) electrons. The highest BCUT2D eigenvalue weighted by atomic mass is 31.1. The van der Waals surface area contributed by atoms with E-state index in [1.807, 2.05) is 121 Å². The molecular formula is C34H35F2O4P. The second-order valence-electron chi connectivity index (χ2n) is 10.1. The van der Waals surface area contributed by atoms with Crippen LogP contribution in [0.5, 0.6) is 0 Å². The van der Waals surface area contributed by atoms with Gasteiger partial charge in [-0.3, -0.25) is 0 Å². The van der Waals surface area contributed by atoms with Crippen LogP contribution in [0.4, 0.5) is 8.78 Å². The van der Waals surface area contributed by atoms with E-state index >= 15 is 8.78 Å². The van der Waals surface area contributed by atoms with Crippen LogP contribution in [0.1, 0.15) is 22.3 Å². The van der Waals surface area contributed by atoms with Crippen LogP contribution in [0, 0.1) is 5.92 Å². The van der Waals surface area contributed by atoms with Crippen LogP contribution in [0.15, 0.2) is 121 Å². The highest BCUT2D eigenvalue weighted by molar-refractivity contribution is 7.40. The Balaban J connectivity index is 1.39. The number of rotatable bonds is 13. The zero-order chi connectivity index (χ0) is 28.3. The molecule has 1 aliphatic heterocycles. The number of ether oxygens (including phenoxy) is 4. The van der Waals surface area contributed by atoms with Gasteiger partial charge in [-0.1, -0.05) is 121 Å². The van der Waals surface area contributed by atoms with Crippen LogP contribution in [0.2, 0.25) is 0 Å². The summed E-state index contributed by atoms with van der Waals surface area (Å²) in [6.45, 7) is 0.725. The SMILES string of the molecule is FC1(F)P[C@H](OCc2ccccc2)C(OCc2ccccc2)[C@H](OCc2ccccc2)C1COCc1ccccc1. The zero-order valence-corrected chi connectivity index (χ0v) is 23.8. The van der Waals surface area contributed by atoms with Crippen molar-refractivity contribution in [2.24, 2.45) is 5.92 Å². The Morgan fingerprint density at radius 2 is 0.902 bits per heavy atom. The van der Waals surface area contributed by atoms with E-state index in [-0.39, 0.29) is 33.0 Å². The summed E-state index contributed by atoms with van der Waals surface area (Å²) in [6.07, 6.45) is -1.67. The van der Waals surface area contributed by atoms with Crippen molar-refractivity contribution in [1.29, 1.82) is 0 Å². The molecule has 0 spiro atoms. The molecule has 0 aromatic heterocycles. The maximum Gasteiger partial charge on any atom is 0.271 e. The number of benzene rings is 4. The Hall–Kier alpha value is -2.99. The van der Waals surface area contributed by atoms with E-state index in [1.165, 1.54) is 0 Å². The van der Waals surface area contributed by atoms with E-state index < -0.39 is 38.2 Å². The van der Waals surface area contributed by atoms with Crippen LogP contribution in [0.25, 0.3) is 0 Å². The molecular weight excluding hydrogens is 541 g/mol. The van der Waals surface area contributed by atoms with Crippen LogP contribution < -0.4 is 0 Å². The molecule has 4 nitrogen and oxygen atoms in total. The average Bonchev–Trinajstić information content (AvgIpc) is 3.01. The summed E-state index contributed by atoms with van der Waals surface area (Å²) in [5.41, 5.74) is 0.630. The maximum absolute atomic E-state index is 16.0. The summed E-state index contributed by atoms with van der Waals surface area (Å²) in [5.74, 6) is -2.05. The van der Waals surface area contributed by atoms with E-state index in [0.717, 1.165) is 22.3 Å². The van der Waals surface area contributed by atoms with Crippen molar-refractivity contribution < 1.29 is 27.7 Å². The van der Waals surface area contributed by atoms with Crippen molar-refractivity contribution in [1.82, 2.24) is 0 Å². The topological polar surface area (TPSA) is 36.9 Å². The third kappa shape index (κ3) is 8.51. The predicted molar refractivity (Wildman–Crippen MR) is 158 cm³/mol. The largest absolute Gasteiger partial charge is 0.376 e. The molecule has 41 heavy (non-hydrogen) atoms. The van der Waals surface area contributed by atoms with Gasteiger partial charge in [0.2, 0.25) is 0 Å². The summed E-state index contributed by atoms with van der Waals surface area (Å²) in [4.78, 5) is 0. The molecule has 1 heterocycles. The standard InChI is InChI=1S/C34H35F2O4P/c35-34(36)30(25-37-21-26-13-5-1-6-14-26)31(38-22-27-15-7-2-8-16-27)32(39-23-28-17-9-3-10-18-28)33(41-34)40-24-29-19-11-4-12-20-29/h1-20,30-33,41H,21-25H2/t30?,31-,32?,33+/m1/s1. The van der Waals surface area contributed by atoms with E-state index in [4.69, 9.17) is 18.9 Å². The first-order chi connectivity index (χ1) is 20.1. The second kappa shape index (κ2) is 14.8. The summed E-state index contributed by atoms with van der Waals surface area (Å²) < 4.78 is 56.9. The summed E-state index contributed by atoms with van der Waals surface area (Å²) in [6, 6.07) is 38.4. The zero-order valence-electron chi connectivity index (χ0n) is 22.8. The third-order valence-electron chi connectivity index (χ3n) is 7.07. The van der Waals surface area contributed by atoms with E-state index in [0.29, 0.717) is 0 Å². The molecule has 0 amide bonds. The number of alkyl halides is 2. The lowest BCUT2D eigenvalue weighted by Crippen LogP contribution is -2.55. The van der Waals surface area contributed by atoms with Gasteiger partial charge in [-0.05, 0) is 30.8 Å². The maximum atomic E-state index is 16.0. The lowest BCUT2D eigenvalue weighted by molar-refractivity contribution is -0.195. The molecule has 3 unspecified atom stereocenters. The molecule has 0 bridgehead atoms. The van der Waals surface area contributed by atoms with Crippen LogP contribution in [-0.4, -0.2) is 30.3 Å². The van der Waals surface area contributed by atoms with Gasteiger partial charge < -0.3 is 18.9 Å². The monoisotopic (exact) mass is 576 g/mol. The highest BCUT2D eigenvalue weighted by Gasteiger charge is 2.57. The first-order valence-electron chi connectivity index (χ1n) is 13.8. The van der Waals surface area contributed by atoms with Crippen molar-refractivity contribution in [3.05, 3.63) is 144 Å². The molecule has 1 aliphatic rings. The Bertz CT molecular complexity index is 1300. The smallest absolute Gasteiger partial charge is 0.271 e. The van der Waals surface area contributed by atoms with E-state index in [9.17, 15) is 0 Å². The molecule has 5 rings (SSSR count). The Morgan fingerprint density at radius 1 is 0.512 bits per heavy atom. The Kier molecular flexibility index (Phi) is 10.6. The molecule has 0 saturated carbocycles. The minimum atomic E-state index is -3.06. The van der Waals surface area contributed by atoms with Crippen molar-refractivity contribution in [3.63, 3.8) is 0 Å². The van der Waals surface area contributed by atoms with Gasteiger partial charge in [0.25, 0.3) is 5.66 Å². The third-order valence-corrected chi connectivity index (χ3v) is 8.61. The first kappa shape index (κ1) is 29.5. The van der Waals surface area contributed by atoms with Gasteiger partial charge in [0, 0.05) is 0 Å². The molecule has 1 fully saturated rings. The predicted octanol–water partition coefficient (Wildman–Crippen LogP) is 7.82. The number of hydrogen-bond acceptors (Lipinski definition) is 4. The molecule has 4 aromatic carbocycles. The molecule has 4 aromatic rings. The highest BCUT2D eigenvalue weighted by Crippen LogP contribution is 2.54. The Labute approximate surface area is 242 Å². The van der Waals surface area contributed by atoms with Crippen LogP contribution in [-0.2, 0) is 45.4 Å². The van der Waals surface area contributed by atoms with Gasteiger partial charge in [0.15, 0.2) is 0 Å². The fraction of sp³-hybridized carbons (Fsp3) is 0.294. The second-order valence-corrected chi connectivity index (χ2v) is 11.6.